The minimum absolute atomic E-state index is 0.0231. The average molecular weight is 197 g/mol. The standard InChI is InChI=1S/C9H11NO4/c11-9(12)7-4-2-1-3-5-8(6-7)10(13)14/h7-8H,1,3,5-6H2,(H,11,12). The highest BCUT2D eigenvalue weighted by Gasteiger charge is 2.28. The Kier molecular flexibility index (Phi) is 3.46. The first kappa shape index (κ1) is 10.5. The lowest BCUT2D eigenvalue weighted by molar-refractivity contribution is -0.525. The topological polar surface area (TPSA) is 80.4 Å². The molecule has 0 fully saturated rings. The minimum Gasteiger partial charge on any atom is -0.480 e. The third-order valence-corrected chi connectivity index (χ3v) is 2.22. The Labute approximate surface area is 81.3 Å². The molecule has 76 valence electrons. The van der Waals surface area contributed by atoms with E-state index in [2.05, 4.69) is 11.8 Å². The SMILES string of the molecule is O=C(O)C1C#CCCCC([N+](=O)[O-])C1. The van der Waals surface area contributed by atoms with E-state index in [9.17, 15) is 14.9 Å². The average Bonchev–Trinajstić information content (AvgIpc) is 2.01. The van der Waals surface area contributed by atoms with E-state index in [0.29, 0.717) is 19.3 Å². The Bertz CT molecular complexity index is 302. The summed E-state index contributed by atoms with van der Waals surface area (Å²) in [6.07, 6.45) is 1.67. The molecule has 1 aliphatic rings. The number of carboxylic acids is 1. The van der Waals surface area contributed by atoms with Crippen molar-refractivity contribution in [1.82, 2.24) is 0 Å². The third-order valence-electron chi connectivity index (χ3n) is 2.22. The molecule has 0 aromatic rings. The molecule has 0 radical (unpaired) electrons. The van der Waals surface area contributed by atoms with Gasteiger partial charge < -0.3 is 5.11 Å². The minimum atomic E-state index is -1.06. The fraction of sp³-hybridized carbons (Fsp3) is 0.667. The van der Waals surface area contributed by atoms with Gasteiger partial charge in [-0.25, -0.2) is 0 Å². The molecule has 1 aliphatic carbocycles. The quantitative estimate of drug-likeness (QED) is 0.405. The van der Waals surface area contributed by atoms with Crippen molar-refractivity contribution in [3.05, 3.63) is 10.1 Å². The molecule has 2 unspecified atom stereocenters. The Balaban J connectivity index is 2.74. The highest BCUT2D eigenvalue weighted by Crippen LogP contribution is 2.16. The molecule has 0 aliphatic heterocycles. The summed E-state index contributed by atoms with van der Waals surface area (Å²) < 4.78 is 0. The first-order chi connectivity index (χ1) is 6.61. The Morgan fingerprint density at radius 1 is 1.57 bits per heavy atom. The second-order valence-electron chi connectivity index (χ2n) is 3.28. The van der Waals surface area contributed by atoms with E-state index in [1.807, 2.05) is 0 Å². The van der Waals surface area contributed by atoms with Crippen molar-refractivity contribution >= 4 is 5.97 Å². The zero-order chi connectivity index (χ0) is 10.6. The summed E-state index contributed by atoms with van der Waals surface area (Å²) in [4.78, 5) is 20.8. The summed E-state index contributed by atoms with van der Waals surface area (Å²) in [6, 6.07) is -0.759. The maximum atomic E-state index is 10.7. The number of hydrogen-bond acceptors (Lipinski definition) is 3. The van der Waals surface area contributed by atoms with E-state index in [1.165, 1.54) is 0 Å². The molecule has 0 amide bonds. The number of nitro groups is 1. The molecule has 0 heterocycles. The van der Waals surface area contributed by atoms with Gasteiger partial charge in [-0.05, 0) is 6.42 Å². The molecule has 0 spiro atoms. The molecule has 5 heteroatoms. The molecular weight excluding hydrogens is 186 g/mol. The van der Waals surface area contributed by atoms with Crippen LogP contribution in [0.3, 0.4) is 0 Å². The molecule has 0 saturated heterocycles. The summed E-state index contributed by atoms with van der Waals surface area (Å²) in [5.74, 6) is 3.33. The Morgan fingerprint density at radius 2 is 2.29 bits per heavy atom. The monoisotopic (exact) mass is 197 g/mol. The fourth-order valence-corrected chi connectivity index (χ4v) is 1.42. The van der Waals surface area contributed by atoms with Gasteiger partial charge in [-0.2, -0.15) is 0 Å². The van der Waals surface area contributed by atoms with Crippen LogP contribution in [0.5, 0.6) is 0 Å². The third kappa shape index (κ3) is 2.73. The van der Waals surface area contributed by atoms with Crippen LogP contribution in [0, 0.1) is 27.9 Å². The van der Waals surface area contributed by atoms with Crippen molar-refractivity contribution in [3.8, 4) is 11.8 Å². The smallest absolute Gasteiger partial charge is 0.318 e. The molecule has 1 rings (SSSR count). The number of rotatable bonds is 2. The van der Waals surface area contributed by atoms with Crippen LogP contribution < -0.4 is 0 Å². The highest BCUT2D eigenvalue weighted by atomic mass is 16.6. The number of carbonyl (C=O) groups is 1. The number of aliphatic carboxylic acids is 1. The maximum absolute atomic E-state index is 10.7. The molecule has 14 heavy (non-hydrogen) atoms. The largest absolute Gasteiger partial charge is 0.480 e. The molecule has 5 nitrogen and oxygen atoms in total. The van der Waals surface area contributed by atoms with Gasteiger partial charge in [0.05, 0.1) is 0 Å². The lowest BCUT2D eigenvalue weighted by Gasteiger charge is -2.12. The van der Waals surface area contributed by atoms with Crippen molar-refractivity contribution in [3.63, 3.8) is 0 Å². The van der Waals surface area contributed by atoms with Crippen LogP contribution in [-0.2, 0) is 4.79 Å². The Hall–Kier alpha value is -1.57. The van der Waals surface area contributed by atoms with Crippen molar-refractivity contribution in [2.24, 2.45) is 5.92 Å². The number of nitrogens with zero attached hydrogens (tertiary/aromatic N) is 1. The molecule has 1 N–H and O–H groups in total. The summed E-state index contributed by atoms with van der Waals surface area (Å²) in [5, 5.41) is 19.3. The zero-order valence-corrected chi connectivity index (χ0v) is 7.60. The van der Waals surface area contributed by atoms with Crippen LogP contribution in [0.15, 0.2) is 0 Å². The molecular formula is C9H11NO4. The van der Waals surface area contributed by atoms with Gasteiger partial charge in [0, 0.05) is 24.2 Å². The van der Waals surface area contributed by atoms with E-state index >= 15 is 0 Å². The first-order valence-corrected chi connectivity index (χ1v) is 4.46. The lowest BCUT2D eigenvalue weighted by Crippen LogP contribution is -2.26. The first-order valence-electron chi connectivity index (χ1n) is 4.46. The van der Waals surface area contributed by atoms with Crippen LogP contribution in [0.1, 0.15) is 25.7 Å². The maximum Gasteiger partial charge on any atom is 0.318 e. The number of carboxylic acid groups (broad SMARTS) is 1. The number of hydrogen-bond donors (Lipinski definition) is 1. The van der Waals surface area contributed by atoms with Crippen LogP contribution >= 0.6 is 0 Å². The van der Waals surface area contributed by atoms with Gasteiger partial charge in [0.15, 0.2) is 0 Å². The van der Waals surface area contributed by atoms with E-state index in [0.717, 1.165) is 0 Å². The summed E-state index contributed by atoms with van der Waals surface area (Å²) >= 11 is 0. The summed E-state index contributed by atoms with van der Waals surface area (Å²) in [6.45, 7) is 0. The second kappa shape index (κ2) is 4.61. The second-order valence-corrected chi connectivity index (χ2v) is 3.28. The summed E-state index contributed by atoms with van der Waals surface area (Å²) in [5.41, 5.74) is 0. The van der Waals surface area contributed by atoms with Gasteiger partial charge in [-0.1, -0.05) is 5.92 Å². The van der Waals surface area contributed by atoms with Gasteiger partial charge in [-0.3, -0.25) is 14.9 Å². The highest BCUT2D eigenvalue weighted by molar-refractivity contribution is 5.73. The van der Waals surface area contributed by atoms with Crippen molar-refractivity contribution in [1.29, 1.82) is 0 Å². The van der Waals surface area contributed by atoms with E-state index in [-0.39, 0.29) is 6.42 Å². The van der Waals surface area contributed by atoms with Gasteiger partial charge in [0.2, 0.25) is 6.04 Å². The van der Waals surface area contributed by atoms with Crippen molar-refractivity contribution < 1.29 is 14.8 Å². The predicted octanol–water partition coefficient (Wildman–Crippen LogP) is 0.910. The normalized spacial score (nSPS) is 26.6. The molecule has 0 saturated carbocycles. The lowest BCUT2D eigenvalue weighted by atomic mass is 9.95. The Morgan fingerprint density at radius 3 is 2.86 bits per heavy atom. The van der Waals surface area contributed by atoms with Crippen LogP contribution in [0.25, 0.3) is 0 Å². The predicted molar refractivity (Wildman–Crippen MR) is 48.2 cm³/mol. The van der Waals surface area contributed by atoms with Gasteiger partial charge in [0.25, 0.3) is 0 Å². The summed E-state index contributed by atoms with van der Waals surface area (Å²) in [7, 11) is 0. The van der Waals surface area contributed by atoms with Gasteiger partial charge in [-0.15, -0.1) is 5.92 Å². The van der Waals surface area contributed by atoms with Crippen LogP contribution in [-0.4, -0.2) is 22.0 Å². The van der Waals surface area contributed by atoms with Gasteiger partial charge in [0.1, 0.15) is 5.92 Å². The van der Waals surface area contributed by atoms with E-state index < -0.39 is 22.9 Å². The van der Waals surface area contributed by atoms with Crippen LogP contribution in [0.2, 0.25) is 0 Å². The zero-order valence-electron chi connectivity index (χ0n) is 7.60. The van der Waals surface area contributed by atoms with Crippen LogP contribution in [0.4, 0.5) is 0 Å². The van der Waals surface area contributed by atoms with E-state index in [1.54, 1.807) is 0 Å². The molecule has 0 aromatic heterocycles. The molecule has 0 aromatic carbocycles. The molecule has 0 bridgehead atoms. The van der Waals surface area contributed by atoms with Gasteiger partial charge >= 0.3 is 5.97 Å². The van der Waals surface area contributed by atoms with Crippen molar-refractivity contribution in [2.45, 2.75) is 31.7 Å². The van der Waals surface area contributed by atoms with Crippen molar-refractivity contribution in [2.75, 3.05) is 0 Å². The molecule has 2 atom stereocenters. The van der Waals surface area contributed by atoms with E-state index in [4.69, 9.17) is 5.11 Å². The fourth-order valence-electron chi connectivity index (χ4n) is 1.42.